The maximum absolute atomic E-state index is 13.6. The van der Waals surface area contributed by atoms with Crippen molar-refractivity contribution in [2.24, 2.45) is 0 Å². The lowest BCUT2D eigenvalue weighted by Crippen LogP contribution is -2.47. The number of amides is 2. The van der Waals surface area contributed by atoms with Gasteiger partial charge in [0.25, 0.3) is 6.43 Å². The number of hydrogen-bond acceptors (Lipinski definition) is 7. The maximum Gasteiger partial charge on any atom is 0.319 e. The summed E-state index contributed by atoms with van der Waals surface area (Å²) >= 11 is 0. The molecule has 4 rings (SSSR count). The molecule has 0 saturated carbocycles. The molecule has 0 spiro atoms. The Labute approximate surface area is 217 Å². The molecule has 0 radical (unpaired) electrons. The Kier molecular flexibility index (Phi) is 8.96. The second kappa shape index (κ2) is 12.4. The molecule has 2 amide bonds. The van der Waals surface area contributed by atoms with Gasteiger partial charge in [-0.05, 0) is 50.1 Å². The Morgan fingerprint density at radius 3 is 2.59 bits per heavy atom. The highest BCUT2D eigenvalue weighted by atomic mass is 19.3. The number of aryl methyl sites for hydroxylation is 1. The highest BCUT2D eigenvalue weighted by Gasteiger charge is 2.22. The van der Waals surface area contributed by atoms with Gasteiger partial charge in [-0.25, -0.2) is 18.6 Å². The van der Waals surface area contributed by atoms with Crippen LogP contribution in [-0.2, 0) is 6.42 Å². The summed E-state index contributed by atoms with van der Waals surface area (Å²) in [5, 5.41) is 6.27. The van der Waals surface area contributed by atoms with Crippen LogP contribution in [0.25, 0.3) is 0 Å². The second-order valence-electron chi connectivity index (χ2n) is 9.73. The first-order valence-corrected chi connectivity index (χ1v) is 13.1. The van der Waals surface area contributed by atoms with E-state index in [2.05, 4.69) is 56.5 Å². The number of carbonyl (C=O) groups excluding carboxylic acids is 1. The minimum absolute atomic E-state index is 0.0124. The number of aromatic nitrogens is 2. The van der Waals surface area contributed by atoms with Crippen molar-refractivity contribution in [2.45, 2.75) is 32.6 Å². The van der Waals surface area contributed by atoms with Crippen LogP contribution in [0.4, 0.5) is 36.7 Å². The Hall–Kier alpha value is -3.21. The zero-order chi connectivity index (χ0) is 26.4. The highest BCUT2D eigenvalue weighted by molar-refractivity contribution is 5.74. The van der Waals surface area contributed by atoms with Crippen LogP contribution in [0.15, 0.2) is 24.4 Å². The monoisotopic (exact) mass is 516 g/mol. The first-order chi connectivity index (χ1) is 17.9. The van der Waals surface area contributed by atoms with Gasteiger partial charge in [0.15, 0.2) is 0 Å². The van der Waals surface area contributed by atoms with Crippen LogP contribution < -0.4 is 15.5 Å². The third-order valence-electron chi connectivity index (χ3n) is 7.05. The van der Waals surface area contributed by atoms with Gasteiger partial charge in [0.05, 0.1) is 5.56 Å². The van der Waals surface area contributed by atoms with Gasteiger partial charge in [-0.3, -0.25) is 0 Å². The molecule has 2 saturated heterocycles. The van der Waals surface area contributed by atoms with Crippen LogP contribution >= 0.6 is 0 Å². The van der Waals surface area contributed by atoms with Crippen molar-refractivity contribution in [3.8, 4) is 0 Å². The van der Waals surface area contributed by atoms with E-state index in [1.165, 1.54) is 11.9 Å². The second-order valence-corrected chi connectivity index (χ2v) is 9.73. The predicted octanol–water partition coefficient (Wildman–Crippen LogP) is 4.03. The van der Waals surface area contributed by atoms with Crippen LogP contribution in [0, 0.1) is 0 Å². The Bertz CT molecular complexity index is 1060. The summed E-state index contributed by atoms with van der Waals surface area (Å²) in [6.45, 7) is 8.61. The van der Waals surface area contributed by atoms with E-state index in [1.54, 1.807) is 16.8 Å². The molecule has 2 fully saturated rings. The molecule has 0 atom stereocenters. The summed E-state index contributed by atoms with van der Waals surface area (Å²) in [6, 6.07) is 6.29. The molecular formula is C26H38F2N8O. The average Bonchev–Trinajstić information content (AvgIpc) is 2.89. The van der Waals surface area contributed by atoms with Gasteiger partial charge < -0.3 is 30.2 Å². The molecule has 2 N–H and O–H groups in total. The van der Waals surface area contributed by atoms with E-state index in [-0.39, 0.29) is 23.4 Å². The third-order valence-corrected chi connectivity index (χ3v) is 7.05. The number of nitrogens with one attached hydrogen (secondary N) is 2. The molecule has 2 aliphatic rings. The van der Waals surface area contributed by atoms with Crippen molar-refractivity contribution in [1.29, 1.82) is 0 Å². The summed E-state index contributed by atoms with van der Waals surface area (Å²) in [6.07, 6.45) is 0.859. The van der Waals surface area contributed by atoms with E-state index in [4.69, 9.17) is 0 Å². The van der Waals surface area contributed by atoms with Gasteiger partial charge in [-0.15, -0.1) is 0 Å². The minimum Gasteiger partial charge on any atom is -0.369 e. The molecule has 0 unspecified atom stereocenters. The predicted molar refractivity (Wildman–Crippen MR) is 143 cm³/mol. The van der Waals surface area contributed by atoms with Crippen molar-refractivity contribution in [3.05, 3.63) is 35.5 Å². The molecule has 202 valence electrons. The number of alkyl halides is 2. The van der Waals surface area contributed by atoms with Crippen molar-refractivity contribution in [3.63, 3.8) is 0 Å². The van der Waals surface area contributed by atoms with Crippen molar-refractivity contribution in [2.75, 3.05) is 82.0 Å². The Morgan fingerprint density at radius 2 is 1.86 bits per heavy atom. The average molecular weight is 517 g/mol. The van der Waals surface area contributed by atoms with E-state index < -0.39 is 6.43 Å². The van der Waals surface area contributed by atoms with Crippen molar-refractivity contribution < 1.29 is 13.6 Å². The molecule has 1 aromatic carbocycles. The number of nitrogens with zero attached hydrogens (tertiary/aromatic N) is 6. The number of carbonyl (C=O) groups is 1. The van der Waals surface area contributed by atoms with Gasteiger partial charge >= 0.3 is 6.03 Å². The maximum atomic E-state index is 13.6. The van der Waals surface area contributed by atoms with Crippen LogP contribution in [0.5, 0.6) is 0 Å². The fourth-order valence-electron chi connectivity index (χ4n) is 4.74. The van der Waals surface area contributed by atoms with E-state index in [1.807, 2.05) is 6.07 Å². The lowest BCUT2D eigenvalue weighted by atomic mass is 10.1. The molecule has 11 heteroatoms. The zero-order valence-electron chi connectivity index (χ0n) is 22.0. The summed E-state index contributed by atoms with van der Waals surface area (Å²) in [5.74, 6) is 0.378. The molecule has 1 aromatic heterocycles. The number of likely N-dealkylation sites (N-methyl/N-ethyl adjacent to an activating group) is 1. The molecule has 3 heterocycles. The number of rotatable bonds is 10. The number of hydrogen-bond donors (Lipinski definition) is 2. The quantitative estimate of drug-likeness (QED) is 0.462. The van der Waals surface area contributed by atoms with Gasteiger partial charge in [-0.2, -0.15) is 4.98 Å². The summed E-state index contributed by atoms with van der Waals surface area (Å²) in [5.41, 5.74) is 2.93. The number of piperazine rings is 1. The van der Waals surface area contributed by atoms with Crippen LogP contribution in [0.2, 0.25) is 0 Å². The Balaban J connectivity index is 1.41. The molecular weight excluding hydrogens is 478 g/mol. The fraction of sp³-hybridized carbons (Fsp3) is 0.577. The molecule has 2 aromatic rings. The van der Waals surface area contributed by atoms with Gasteiger partial charge in [-0.1, -0.05) is 6.92 Å². The largest absolute Gasteiger partial charge is 0.369 e. The normalized spacial score (nSPS) is 17.0. The number of halogens is 2. The number of anilines is 4. The van der Waals surface area contributed by atoms with Gasteiger partial charge in [0.2, 0.25) is 5.95 Å². The zero-order valence-corrected chi connectivity index (χ0v) is 22.0. The lowest BCUT2D eigenvalue weighted by Gasteiger charge is -2.34. The van der Waals surface area contributed by atoms with Crippen LogP contribution in [0.3, 0.4) is 0 Å². The standard InChI is InChI=1S/C26H38F2N8O/c1-4-19-17-20(35-15-13-33(2)14-16-35)7-8-22(19)31-25-30-18-21(23(27)28)24(32-25)29-9-5-11-36-12-6-10-34(3)26(36)37/h7-8,17-18,23H,4-6,9-16H2,1-3H3,(H2,29,30,31,32). The summed E-state index contributed by atoms with van der Waals surface area (Å²) < 4.78 is 27.3. The number of benzene rings is 1. The minimum atomic E-state index is -2.69. The number of urea groups is 1. The smallest absolute Gasteiger partial charge is 0.319 e. The third kappa shape index (κ3) is 6.76. The van der Waals surface area contributed by atoms with Crippen LogP contribution in [-0.4, -0.2) is 97.2 Å². The van der Waals surface area contributed by atoms with Gasteiger partial charge in [0.1, 0.15) is 5.82 Å². The molecule has 0 aliphatic carbocycles. The summed E-state index contributed by atoms with van der Waals surface area (Å²) in [4.78, 5) is 29.0. The topological polar surface area (TPSA) is 79.9 Å². The molecule has 2 aliphatic heterocycles. The van der Waals surface area contributed by atoms with Gasteiger partial charge in [0, 0.05) is 77.0 Å². The van der Waals surface area contributed by atoms with Crippen LogP contribution in [0.1, 0.15) is 37.3 Å². The summed E-state index contributed by atoms with van der Waals surface area (Å²) in [7, 11) is 3.93. The molecule has 37 heavy (non-hydrogen) atoms. The van der Waals surface area contributed by atoms with E-state index in [9.17, 15) is 13.6 Å². The Morgan fingerprint density at radius 1 is 1.08 bits per heavy atom. The highest BCUT2D eigenvalue weighted by Crippen LogP contribution is 2.29. The lowest BCUT2D eigenvalue weighted by molar-refractivity contribution is 0.141. The first kappa shape index (κ1) is 26.8. The fourth-order valence-corrected chi connectivity index (χ4v) is 4.74. The molecule has 9 nitrogen and oxygen atoms in total. The molecule has 0 bridgehead atoms. The first-order valence-electron chi connectivity index (χ1n) is 13.1. The van der Waals surface area contributed by atoms with E-state index >= 15 is 0 Å². The van der Waals surface area contributed by atoms with E-state index in [0.29, 0.717) is 19.5 Å². The van der Waals surface area contributed by atoms with E-state index in [0.717, 1.165) is 63.4 Å². The van der Waals surface area contributed by atoms with Crippen molar-refractivity contribution in [1.82, 2.24) is 24.7 Å². The van der Waals surface area contributed by atoms with Crippen molar-refractivity contribution >= 4 is 29.2 Å². The SMILES string of the molecule is CCc1cc(N2CCN(C)CC2)ccc1Nc1ncc(C(F)F)c(NCCCN2CCCN(C)C2=O)n1.